The molecule has 4 saturated heterocycles. The maximum atomic E-state index is 14.3. The molecule has 5 aliphatic rings. The van der Waals surface area contributed by atoms with Crippen molar-refractivity contribution in [3.8, 4) is 0 Å². The highest BCUT2D eigenvalue weighted by molar-refractivity contribution is 6.08. The number of ether oxygens (including phenoxy) is 1. The molecule has 3 atom stereocenters. The molecule has 5 fully saturated rings. The van der Waals surface area contributed by atoms with Gasteiger partial charge in [0.1, 0.15) is 17.1 Å². The largest absolute Gasteiger partial charge is 0.374 e. The van der Waals surface area contributed by atoms with Crippen LogP contribution in [0.3, 0.4) is 0 Å². The van der Waals surface area contributed by atoms with Crippen LogP contribution in [0.2, 0.25) is 0 Å². The lowest BCUT2D eigenvalue weighted by molar-refractivity contribution is -0.134. The minimum absolute atomic E-state index is 0.0180. The molecule has 0 spiro atoms. The Bertz CT molecular complexity index is 2490. The molecule has 19 heteroatoms. The summed E-state index contributed by atoms with van der Waals surface area (Å²) in [4.78, 5) is 60.2. The molecule has 8 heterocycles. The van der Waals surface area contributed by atoms with Crippen LogP contribution in [-0.2, 0) is 25.5 Å². The number of benzene rings is 1. The zero-order valence-electron chi connectivity index (χ0n) is 33.5. The quantitative estimate of drug-likeness (QED) is 0.160. The fourth-order valence-corrected chi connectivity index (χ4v) is 9.95. The zero-order valence-corrected chi connectivity index (χ0v) is 33.5. The van der Waals surface area contributed by atoms with E-state index >= 15 is 0 Å². The standard InChI is InChI=1S/C42H47F2N11O6/c43-39(44)37-32(47-42(59)31-18-45-54-15-12-33(48-40(31)54)53-20-28-17-27(53)22-60-28)21-55(50-37)26-6-4-23(5-7-26)19-52-13-10-25(11-14-52)46-35(57)16-24-2-1-3-29-36(51-61-38(24)29)30-8-9-34(56)49-41(30)58/h1-3,12,15,18,21,23,25-28,30,39H,4-11,13-14,16-17,19-20,22H2,(H,46,57)(H,47,59)(H,49,56,58)/t23?,26?,27-,28-,30-/m1/s1. The van der Waals surface area contributed by atoms with Crippen LogP contribution in [0.25, 0.3) is 16.6 Å². The molecule has 2 bridgehead atoms. The molecule has 10 rings (SSSR count). The van der Waals surface area contributed by atoms with E-state index in [-0.39, 0.29) is 66.0 Å². The highest BCUT2D eigenvalue weighted by Crippen LogP contribution is 2.37. The van der Waals surface area contributed by atoms with Crippen molar-refractivity contribution in [3.63, 3.8) is 0 Å². The molecule has 4 amide bonds. The number of amides is 4. The summed E-state index contributed by atoms with van der Waals surface area (Å²) in [5.74, 6) is -0.773. The topological polar surface area (TPSA) is 194 Å². The number of alkyl halides is 2. The molecular weight excluding hydrogens is 793 g/mol. The molecule has 17 nitrogen and oxygen atoms in total. The van der Waals surface area contributed by atoms with Gasteiger partial charge in [-0.15, -0.1) is 0 Å². The minimum atomic E-state index is -2.87. The Kier molecular flexibility index (Phi) is 10.5. The van der Waals surface area contributed by atoms with Gasteiger partial charge in [0, 0.05) is 62.0 Å². The summed E-state index contributed by atoms with van der Waals surface area (Å²) < 4.78 is 43.0. The minimum Gasteiger partial charge on any atom is -0.374 e. The molecule has 3 N–H and O–H groups in total. The second kappa shape index (κ2) is 16.2. The summed E-state index contributed by atoms with van der Waals surface area (Å²) in [6, 6.07) is 7.55. The van der Waals surface area contributed by atoms with E-state index in [1.54, 1.807) is 10.9 Å². The normalized spacial score (nSPS) is 24.9. The predicted octanol–water partition coefficient (Wildman–Crippen LogP) is 4.31. The van der Waals surface area contributed by atoms with Gasteiger partial charge in [-0.05, 0) is 69.4 Å². The summed E-state index contributed by atoms with van der Waals surface area (Å²) in [6.07, 6.45) is 8.70. The number of halogens is 2. The van der Waals surface area contributed by atoms with E-state index < -0.39 is 23.9 Å². The molecular formula is C42H47F2N11O6. The van der Waals surface area contributed by atoms with Crippen molar-refractivity contribution in [2.75, 3.05) is 43.0 Å². The third-order valence-corrected chi connectivity index (χ3v) is 13.2. The Hall–Kier alpha value is -5.82. The molecule has 0 unspecified atom stereocenters. The summed E-state index contributed by atoms with van der Waals surface area (Å²) in [7, 11) is 0. The number of nitrogens with zero attached hydrogens (tertiary/aromatic N) is 8. The smallest absolute Gasteiger partial charge is 0.284 e. The Labute approximate surface area is 348 Å². The average molecular weight is 840 g/mol. The molecule has 0 radical (unpaired) electrons. The van der Waals surface area contributed by atoms with Crippen LogP contribution in [0.1, 0.15) is 103 Å². The van der Waals surface area contributed by atoms with Gasteiger partial charge in [0.2, 0.25) is 17.7 Å². The first-order valence-corrected chi connectivity index (χ1v) is 21.3. The van der Waals surface area contributed by atoms with E-state index in [2.05, 4.69) is 41.1 Å². The molecule has 4 aliphatic heterocycles. The lowest BCUT2D eigenvalue weighted by Gasteiger charge is -2.36. The third kappa shape index (κ3) is 7.84. The first-order chi connectivity index (χ1) is 29.6. The average Bonchev–Trinajstić information content (AvgIpc) is 4.11. The third-order valence-electron chi connectivity index (χ3n) is 13.2. The molecule has 320 valence electrons. The Morgan fingerprint density at radius 2 is 1.85 bits per heavy atom. The summed E-state index contributed by atoms with van der Waals surface area (Å²) in [5, 5.41) is 21.6. The SMILES string of the molecule is O=C1CC[C@H](c2noc3c(CC(=O)NC4CCN(CC5CCC(n6cc(NC(=O)c7cnn8ccc(N9C[C@H]%10C[C@@H]9CO%10)nc78)c(C(F)F)n6)CC5)CC4)cccc23)C(=O)N1. The number of carbonyl (C=O) groups is 4. The fourth-order valence-electron chi connectivity index (χ4n) is 9.95. The van der Waals surface area contributed by atoms with Gasteiger partial charge in [0.15, 0.2) is 16.9 Å². The number of para-hydroxylation sites is 1. The van der Waals surface area contributed by atoms with Crippen molar-refractivity contribution in [3.05, 3.63) is 65.4 Å². The number of piperidine rings is 2. The summed E-state index contributed by atoms with van der Waals surface area (Å²) in [5.41, 5.74) is 1.69. The predicted molar refractivity (Wildman–Crippen MR) is 215 cm³/mol. The van der Waals surface area contributed by atoms with E-state index in [9.17, 15) is 28.0 Å². The number of hydrogen-bond acceptors (Lipinski definition) is 12. The number of carbonyl (C=O) groups excluding carboxylic acids is 4. The molecule has 1 aromatic carbocycles. The van der Waals surface area contributed by atoms with E-state index in [1.807, 2.05) is 24.3 Å². The lowest BCUT2D eigenvalue weighted by atomic mass is 9.85. The van der Waals surface area contributed by atoms with Crippen molar-refractivity contribution in [2.24, 2.45) is 5.92 Å². The van der Waals surface area contributed by atoms with Crippen LogP contribution in [0.4, 0.5) is 20.3 Å². The summed E-state index contributed by atoms with van der Waals surface area (Å²) in [6.45, 7) is 4.02. The molecule has 4 aromatic heterocycles. The van der Waals surface area contributed by atoms with Gasteiger partial charge >= 0.3 is 0 Å². The lowest BCUT2D eigenvalue weighted by Crippen LogP contribution is -2.46. The van der Waals surface area contributed by atoms with Crippen LogP contribution >= 0.6 is 0 Å². The molecule has 61 heavy (non-hydrogen) atoms. The monoisotopic (exact) mass is 839 g/mol. The van der Waals surface area contributed by atoms with Crippen molar-refractivity contribution in [1.29, 1.82) is 0 Å². The Balaban J connectivity index is 0.699. The number of anilines is 2. The van der Waals surface area contributed by atoms with E-state index in [4.69, 9.17) is 14.2 Å². The molecule has 1 aliphatic carbocycles. The maximum Gasteiger partial charge on any atom is 0.284 e. The van der Waals surface area contributed by atoms with Crippen LogP contribution in [0.5, 0.6) is 0 Å². The molecule has 5 aromatic rings. The van der Waals surface area contributed by atoms with E-state index in [1.165, 1.54) is 16.9 Å². The van der Waals surface area contributed by atoms with Gasteiger partial charge in [-0.2, -0.15) is 10.2 Å². The number of likely N-dealkylation sites (tertiary alicyclic amines) is 1. The highest BCUT2D eigenvalue weighted by Gasteiger charge is 2.40. The highest BCUT2D eigenvalue weighted by atomic mass is 19.3. The van der Waals surface area contributed by atoms with E-state index in [0.29, 0.717) is 46.8 Å². The zero-order chi connectivity index (χ0) is 41.8. The molecule has 1 saturated carbocycles. The van der Waals surface area contributed by atoms with Crippen LogP contribution in [0.15, 0.2) is 47.4 Å². The number of aromatic nitrogens is 6. The van der Waals surface area contributed by atoms with Crippen molar-refractivity contribution >= 4 is 51.8 Å². The van der Waals surface area contributed by atoms with Crippen LogP contribution < -0.4 is 20.9 Å². The van der Waals surface area contributed by atoms with Crippen molar-refractivity contribution in [2.45, 2.75) is 101 Å². The number of fused-ring (bicyclic) bond motifs is 4. The van der Waals surface area contributed by atoms with Gasteiger partial charge in [-0.1, -0.05) is 17.3 Å². The number of morpholine rings is 1. The Morgan fingerprint density at radius 1 is 1.02 bits per heavy atom. The first-order valence-electron chi connectivity index (χ1n) is 21.3. The van der Waals surface area contributed by atoms with Crippen molar-refractivity contribution < 1.29 is 37.2 Å². The number of hydrogen-bond donors (Lipinski definition) is 3. The fraction of sp³-hybridized carbons (Fsp3) is 0.524. The van der Waals surface area contributed by atoms with E-state index in [0.717, 1.165) is 76.9 Å². The Morgan fingerprint density at radius 3 is 2.61 bits per heavy atom. The number of imide groups is 1. The summed E-state index contributed by atoms with van der Waals surface area (Å²) >= 11 is 0. The van der Waals surface area contributed by atoms with Gasteiger partial charge < -0.3 is 29.7 Å². The maximum absolute atomic E-state index is 14.3. The number of rotatable bonds is 11. The van der Waals surface area contributed by atoms with Gasteiger partial charge in [0.05, 0.1) is 49.0 Å². The van der Waals surface area contributed by atoms with Gasteiger partial charge in [-0.25, -0.2) is 18.3 Å². The van der Waals surface area contributed by atoms with Crippen LogP contribution in [-0.4, -0.2) is 109 Å². The van der Waals surface area contributed by atoms with Crippen LogP contribution in [0, 0.1) is 5.92 Å². The van der Waals surface area contributed by atoms with Gasteiger partial charge in [0.25, 0.3) is 12.3 Å². The first kappa shape index (κ1) is 39.3. The second-order valence-electron chi connectivity index (χ2n) is 17.1. The number of nitrogens with one attached hydrogen (secondary N) is 3. The second-order valence-corrected chi connectivity index (χ2v) is 17.1. The van der Waals surface area contributed by atoms with Gasteiger partial charge in [-0.3, -0.25) is 29.2 Å². The van der Waals surface area contributed by atoms with Crippen molar-refractivity contribution in [1.82, 2.24) is 45.1 Å².